The SMILES string of the molecule is CCC1CCc2ccccc2N1C(=O)c1nc(OC)cc(OC)n1. The zero-order chi connectivity index (χ0) is 17.1. The van der Waals surface area contributed by atoms with E-state index in [9.17, 15) is 4.79 Å². The van der Waals surface area contributed by atoms with Gasteiger partial charge in [-0.15, -0.1) is 0 Å². The molecule has 2 heterocycles. The number of ether oxygens (including phenoxy) is 2. The first-order chi connectivity index (χ1) is 11.7. The van der Waals surface area contributed by atoms with Crippen LogP contribution in [-0.2, 0) is 6.42 Å². The standard InChI is InChI=1S/C18H21N3O3/c1-4-13-10-9-12-7-5-6-8-14(12)21(13)18(22)17-19-15(23-2)11-16(20-17)24-3/h5-8,11,13H,4,9-10H2,1-3H3. The second kappa shape index (κ2) is 6.86. The molecular formula is C18H21N3O3. The highest BCUT2D eigenvalue weighted by Crippen LogP contribution is 2.33. The number of carbonyl (C=O) groups is 1. The molecule has 1 amide bonds. The Morgan fingerprint density at radius 3 is 2.50 bits per heavy atom. The van der Waals surface area contributed by atoms with Crippen molar-refractivity contribution in [1.29, 1.82) is 0 Å². The minimum absolute atomic E-state index is 0.0846. The number of hydrogen-bond acceptors (Lipinski definition) is 5. The van der Waals surface area contributed by atoms with Crippen molar-refractivity contribution in [2.45, 2.75) is 32.2 Å². The lowest BCUT2D eigenvalue weighted by Crippen LogP contribution is -2.44. The molecule has 1 aromatic heterocycles. The van der Waals surface area contributed by atoms with E-state index in [1.807, 2.05) is 23.1 Å². The average molecular weight is 327 g/mol. The van der Waals surface area contributed by atoms with Crippen LogP contribution in [0.5, 0.6) is 11.8 Å². The van der Waals surface area contributed by atoms with E-state index >= 15 is 0 Å². The van der Waals surface area contributed by atoms with Gasteiger partial charge in [-0.2, -0.15) is 9.97 Å². The number of para-hydroxylation sites is 1. The van der Waals surface area contributed by atoms with Crippen LogP contribution in [-0.4, -0.2) is 36.1 Å². The first kappa shape index (κ1) is 16.2. The maximum absolute atomic E-state index is 13.2. The third-order valence-electron chi connectivity index (χ3n) is 4.34. The number of hydrogen-bond donors (Lipinski definition) is 0. The Hall–Kier alpha value is -2.63. The number of nitrogens with zero attached hydrogens (tertiary/aromatic N) is 3. The van der Waals surface area contributed by atoms with Crippen LogP contribution in [0.1, 0.15) is 35.9 Å². The Labute approximate surface area is 141 Å². The normalized spacial score (nSPS) is 16.5. The fraction of sp³-hybridized carbons (Fsp3) is 0.389. The quantitative estimate of drug-likeness (QED) is 0.864. The minimum atomic E-state index is -0.230. The molecule has 0 N–H and O–H groups in total. The maximum atomic E-state index is 13.2. The van der Waals surface area contributed by atoms with Crippen molar-refractivity contribution in [3.8, 4) is 11.8 Å². The third kappa shape index (κ3) is 2.91. The molecule has 126 valence electrons. The van der Waals surface area contributed by atoms with Gasteiger partial charge in [-0.25, -0.2) is 0 Å². The molecule has 0 saturated heterocycles. The summed E-state index contributed by atoms with van der Waals surface area (Å²) in [6.45, 7) is 2.09. The summed E-state index contributed by atoms with van der Waals surface area (Å²) in [6, 6.07) is 9.68. The first-order valence-corrected chi connectivity index (χ1v) is 8.06. The van der Waals surface area contributed by atoms with Gasteiger partial charge in [-0.1, -0.05) is 25.1 Å². The number of benzene rings is 1. The van der Waals surface area contributed by atoms with E-state index in [1.165, 1.54) is 19.8 Å². The molecule has 0 spiro atoms. The van der Waals surface area contributed by atoms with Crippen LogP contribution in [0.4, 0.5) is 5.69 Å². The van der Waals surface area contributed by atoms with E-state index in [2.05, 4.69) is 23.0 Å². The van der Waals surface area contributed by atoms with Crippen molar-refractivity contribution >= 4 is 11.6 Å². The van der Waals surface area contributed by atoms with Crippen LogP contribution in [0.15, 0.2) is 30.3 Å². The number of fused-ring (bicyclic) bond motifs is 1. The molecule has 0 saturated carbocycles. The molecule has 1 aromatic carbocycles. The van der Waals surface area contributed by atoms with Crippen molar-refractivity contribution < 1.29 is 14.3 Å². The molecule has 24 heavy (non-hydrogen) atoms. The van der Waals surface area contributed by atoms with Gasteiger partial charge in [-0.05, 0) is 30.9 Å². The lowest BCUT2D eigenvalue weighted by Gasteiger charge is -2.36. The van der Waals surface area contributed by atoms with Crippen molar-refractivity contribution in [2.75, 3.05) is 19.1 Å². The molecule has 0 fully saturated rings. The predicted octanol–water partition coefficient (Wildman–Crippen LogP) is 2.87. The van der Waals surface area contributed by atoms with E-state index in [-0.39, 0.29) is 17.8 Å². The molecule has 3 rings (SSSR count). The highest BCUT2D eigenvalue weighted by molar-refractivity contribution is 6.05. The molecule has 6 nitrogen and oxygen atoms in total. The summed E-state index contributed by atoms with van der Waals surface area (Å²) in [7, 11) is 3.00. The van der Waals surface area contributed by atoms with E-state index in [1.54, 1.807) is 6.07 Å². The van der Waals surface area contributed by atoms with E-state index in [0.717, 1.165) is 24.9 Å². The summed E-state index contributed by atoms with van der Waals surface area (Å²) < 4.78 is 10.3. The van der Waals surface area contributed by atoms with Crippen molar-refractivity contribution in [1.82, 2.24) is 9.97 Å². The molecule has 1 aliphatic rings. The van der Waals surface area contributed by atoms with Gasteiger partial charge in [0.25, 0.3) is 5.91 Å². The Balaban J connectivity index is 2.05. The van der Waals surface area contributed by atoms with Gasteiger partial charge in [0.05, 0.1) is 20.3 Å². The minimum Gasteiger partial charge on any atom is -0.481 e. The topological polar surface area (TPSA) is 64.6 Å². The smallest absolute Gasteiger partial charge is 0.296 e. The molecule has 6 heteroatoms. The maximum Gasteiger partial charge on any atom is 0.296 e. The summed E-state index contributed by atoms with van der Waals surface area (Å²) in [4.78, 5) is 23.4. The van der Waals surface area contributed by atoms with Crippen molar-refractivity contribution in [3.05, 3.63) is 41.7 Å². The molecule has 1 aliphatic heterocycles. The van der Waals surface area contributed by atoms with Crippen molar-refractivity contribution in [3.63, 3.8) is 0 Å². The third-order valence-corrected chi connectivity index (χ3v) is 4.34. The van der Waals surface area contributed by atoms with Crippen LogP contribution < -0.4 is 14.4 Å². The number of aryl methyl sites for hydroxylation is 1. The van der Waals surface area contributed by atoms with Gasteiger partial charge in [0.1, 0.15) is 0 Å². The van der Waals surface area contributed by atoms with Crippen LogP contribution in [0.3, 0.4) is 0 Å². The Kier molecular flexibility index (Phi) is 4.64. The highest BCUT2D eigenvalue weighted by atomic mass is 16.5. The number of amides is 1. The summed E-state index contributed by atoms with van der Waals surface area (Å²) in [5.41, 5.74) is 2.11. The molecule has 0 radical (unpaired) electrons. The van der Waals surface area contributed by atoms with E-state index < -0.39 is 0 Å². The fourth-order valence-corrected chi connectivity index (χ4v) is 3.08. The van der Waals surface area contributed by atoms with Crippen LogP contribution in [0, 0.1) is 0 Å². The number of carbonyl (C=O) groups excluding carboxylic acids is 1. The summed E-state index contributed by atoms with van der Waals surface area (Å²) in [5.74, 6) is 0.472. The summed E-state index contributed by atoms with van der Waals surface area (Å²) in [5, 5.41) is 0. The lowest BCUT2D eigenvalue weighted by atomic mass is 9.94. The highest BCUT2D eigenvalue weighted by Gasteiger charge is 2.32. The zero-order valence-corrected chi connectivity index (χ0v) is 14.2. The van der Waals surface area contributed by atoms with E-state index in [4.69, 9.17) is 9.47 Å². The van der Waals surface area contributed by atoms with Crippen molar-refractivity contribution in [2.24, 2.45) is 0 Å². The molecule has 0 aliphatic carbocycles. The largest absolute Gasteiger partial charge is 0.481 e. The molecule has 2 aromatic rings. The average Bonchev–Trinajstić information content (AvgIpc) is 2.65. The monoisotopic (exact) mass is 327 g/mol. The Morgan fingerprint density at radius 2 is 1.88 bits per heavy atom. The number of anilines is 1. The predicted molar refractivity (Wildman–Crippen MR) is 90.8 cm³/mol. The molecule has 0 bridgehead atoms. The Morgan fingerprint density at radius 1 is 1.21 bits per heavy atom. The first-order valence-electron chi connectivity index (χ1n) is 8.06. The van der Waals surface area contributed by atoms with Gasteiger partial charge in [0.15, 0.2) is 0 Å². The summed E-state index contributed by atoms with van der Waals surface area (Å²) >= 11 is 0. The lowest BCUT2D eigenvalue weighted by molar-refractivity contribution is 0.0960. The number of aromatic nitrogens is 2. The molecule has 1 unspecified atom stereocenters. The van der Waals surface area contributed by atoms with Gasteiger partial charge in [0, 0.05) is 11.7 Å². The molecular weight excluding hydrogens is 306 g/mol. The molecule has 1 atom stereocenters. The van der Waals surface area contributed by atoms with Gasteiger partial charge in [0.2, 0.25) is 17.6 Å². The second-order valence-electron chi connectivity index (χ2n) is 5.68. The van der Waals surface area contributed by atoms with Crippen LogP contribution in [0.25, 0.3) is 0 Å². The summed E-state index contributed by atoms with van der Waals surface area (Å²) in [6.07, 6.45) is 2.78. The number of methoxy groups -OCH3 is 2. The van der Waals surface area contributed by atoms with Gasteiger partial charge < -0.3 is 14.4 Å². The van der Waals surface area contributed by atoms with Crippen LogP contribution in [0.2, 0.25) is 0 Å². The van der Waals surface area contributed by atoms with Crippen LogP contribution >= 0.6 is 0 Å². The number of rotatable bonds is 4. The fourth-order valence-electron chi connectivity index (χ4n) is 3.08. The zero-order valence-electron chi connectivity index (χ0n) is 14.2. The Bertz CT molecular complexity index is 726. The van der Waals surface area contributed by atoms with Gasteiger partial charge >= 0.3 is 0 Å². The van der Waals surface area contributed by atoms with E-state index in [0.29, 0.717) is 11.8 Å². The van der Waals surface area contributed by atoms with Gasteiger partial charge in [-0.3, -0.25) is 4.79 Å². The second-order valence-corrected chi connectivity index (χ2v) is 5.68.